The van der Waals surface area contributed by atoms with E-state index in [0.717, 1.165) is 40.3 Å². The van der Waals surface area contributed by atoms with Crippen LogP contribution in [0.15, 0.2) is 101 Å². The van der Waals surface area contributed by atoms with Gasteiger partial charge in [0.1, 0.15) is 35.6 Å². The van der Waals surface area contributed by atoms with Gasteiger partial charge in [-0.2, -0.15) is 0 Å². The average Bonchev–Trinajstić information content (AvgIpc) is 3.86. The van der Waals surface area contributed by atoms with Crippen molar-refractivity contribution in [3.63, 3.8) is 0 Å². The molecule has 0 radical (unpaired) electrons. The first-order valence-corrected chi connectivity index (χ1v) is 25.3. The number of halogens is 3. The molecular weight excluding hydrogens is 906 g/mol. The molecular formula is C34H39Br2IN2O4Sn. The Morgan fingerprint density at radius 1 is 0.682 bits per heavy atom. The zero-order valence-corrected chi connectivity index (χ0v) is 33.6. The van der Waals surface area contributed by atoms with Crippen molar-refractivity contribution in [3.8, 4) is 11.3 Å². The molecule has 6 rings (SSSR count). The number of fused-ring (bicyclic) bond motifs is 2. The number of benzene rings is 2. The molecule has 234 valence electrons. The number of furan rings is 2. The van der Waals surface area contributed by atoms with Gasteiger partial charge in [0.25, 0.3) is 0 Å². The van der Waals surface area contributed by atoms with Crippen molar-refractivity contribution in [2.45, 2.75) is 72.6 Å². The van der Waals surface area contributed by atoms with E-state index in [2.05, 4.69) is 91.3 Å². The van der Waals surface area contributed by atoms with E-state index < -0.39 is 18.4 Å². The molecule has 0 aliphatic heterocycles. The third-order valence-corrected chi connectivity index (χ3v) is 24.6. The van der Waals surface area contributed by atoms with Gasteiger partial charge in [-0.3, -0.25) is 0 Å². The van der Waals surface area contributed by atoms with Crippen molar-refractivity contribution in [1.82, 2.24) is 9.97 Å². The Bertz CT molecular complexity index is 1660. The van der Waals surface area contributed by atoms with Gasteiger partial charge in [0.2, 0.25) is 0 Å². The second kappa shape index (κ2) is 17.9. The fourth-order valence-electron chi connectivity index (χ4n) is 5.29. The molecule has 10 heteroatoms. The van der Waals surface area contributed by atoms with Crippen LogP contribution in [0.4, 0.5) is 0 Å². The number of nitrogens with zero attached hydrogens (tertiary/aromatic N) is 2. The predicted octanol–water partition coefficient (Wildman–Crippen LogP) is 12.4. The summed E-state index contributed by atoms with van der Waals surface area (Å²) in [6.45, 7) is 6.91. The monoisotopic (exact) mass is 944 g/mol. The minimum atomic E-state index is -2.24. The summed E-state index contributed by atoms with van der Waals surface area (Å²) < 4.78 is 30.0. The zero-order chi connectivity index (χ0) is 31.4. The quantitative estimate of drug-likeness (QED) is 0.0951. The van der Waals surface area contributed by atoms with E-state index in [1.54, 1.807) is 25.2 Å². The van der Waals surface area contributed by atoms with Crippen LogP contribution in [-0.4, -0.2) is 28.3 Å². The molecule has 0 atom stereocenters. The van der Waals surface area contributed by atoms with Crippen molar-refractivity contribution < 1.29 is 17.7 Å². The molecule has 0 N–H and O–H groups in total. The van der Waals surface area contributed by atoms with Gasteiger partial charge in [-0.1, -0.05) is 31.9 Å². The van der Waals surface area contributed by atoms with Gasteiger partial charge < -0.3 is 13.3 Å². The van der Waals surface area contributed by atoms with Crippen LogP contribution < -0.4 is 3.71 Å². The molecule has 0 aliphatic carbocycles. The summed E-state index contributed by atoms with van der Waals surface area (Å²) in [7, 11) is 0. The topological polar surface area (TPSA) is 78.3 Å². The second-order valence-corrected chi connectivity index (χ2v) is 26.9. The third kappa shape index (κ3) is 9.48. The predicted molar refractivity (Wildman–Crippen MR) is 197 cm³/mol. The summed E-state index contributed by atoms with van der Waals surface area (Å²) >= 11 is 6.85. The second-order valence-electron chi connectivity index (χ2n) is 10.9. The van der Waals surface area contributed by atoms with Crippen molar-refractivity contribution >= 4 is 98.5 Å². The van der Waals surface area contributed by atoms with Gasteiger partial charge in [-0.15, -0.1) is 0 Å². The van der Waals surface area contributed by atoms with Gasteiger partial charge in [0, 0.05) is 25.3 Å². The van der Waals surface area contributed by atoms with Gasteiger partial charge in [-0.05, 0) is 59.0 Å². The molecule has 4 aromatic heterocycles. The molecule has 4 heterocycles. The van der Waals surface area contributed by atoms with E-state index in [1.165, 1.54) is 67.3 Å². The van der Waals surface area contributed by atoms with E-state index in [-0.39, 0.29) is 0 Å². The molecule has 0 bridgehead atoms. The Morgan fingerprint density at radius 2 is 1.23 bits per heavy atom. The normalized spacial score (nSPS) is 11.3. The molecule has 6 nitrogen and oxygen atoms in total. The summed E-state index contributed by atoms with van der Waals surface area (Å²) in [6.07, 6.45) is 18.2. The third-order valence-electron chi connectivity index (χ3n) is 7.73. The van der Waals surface area contributed by atoms with Crippen LogP contribution in [0.5, 0.6) is 0 Å². The van der Waals surface area contributed by atoms with Crippen molar-refractivity contribution in [2.75, 3.05) is 0 Å². The Morgan fingerprint density at radius 3 is 1.77 bits per heavy atom. The van der Waals surface area contributed by atoms with Crippen LogP contribution in [0.3, 0.4) is 0 Å². The summed E-state index contributed by atoms with van der Waals surface area (Å²) in [5.74, 6) is 0. The van der Waals surface area contributed by atoms with E-state index in [1.807, 2.05) is 36.6 Å². The van der Waals surface area contributed by atoms with Crippen LogP contribution in [0.1, 0.15) is 59.3 Å². The number of unbranched alkanes of at least 4 members (excludes halogenated alkanes) is 3. The Kier molecular flexibility index (Phi) is 14.4. The van der Waals surface area contributed by atoms with E-state index in [0.29, 0.717) is 0 Å². The molecule has 0 saturated carbocycles. The molecule has 0 fully saturated rings. The van der Waals surface area contributed by atoms with Crippen molar-refractivity contribution in [1.29, 1.82) is 0 Å². The van der Waals surface area contributed by atoms with Crippen LogP contribution in [0, 0.1) is 3.57 Å². The molecule has 0 spiro atoms. The molecule has 44 heavy (non-hydrogen) atoms. The Balaban J connectivity index is 0.000000154. The molecule has 0 amide bonds. The SMILES string of the molecule is Brc1ccc2occ(-c3cocn3)c2c1.Brc1ccc2occ(I)c2c1.CCC[CH2][Sn]([CH2]CCC)([CH2]CCC)[c]1cocn1. The number of oxazole rings is 2. The fraction of sp³-hybridized carbons (Fsp3) is 0.353. The first-order chi connectivity index (χ1) is 21.4. The van der Waals surface area contributed by atoms with Crippen LogP contribution in [0.2, 0.25) is 13.3 Å². The number of aromatic nitrogens is 2. The summed E-state index contributed by atoms with van der Waals surface area (Å²) in [6, 6.07) is 11.9. The number of hydrogen-bond donors (Lipinski definition) is 0. The van der Waals surface area contributed by atoms with E-state index in [4.69, 9.17) is 17.7 Å². The van der Waals surface area contributed by atoms with Crippen molar-refractivity contribution in [3.05, 3.63) is 86.8 Å². The number of rotatable bonds is 11. The summed E-state index contributed by atoms with van der Waals surface area (Å²) in [5.41, 5.74) is 3.51. The maximum atomic E-state index is 5.43. The molecule has 0 aliphatic rings. The van der Waals surface area contributed by atoms with Crippen LogP contribution in [-0.2, 0) is 0 Å². The Hall–Kier alpha value is -1.57. The minimum absolute atomic E-state index is 0.784. The van der Waals surface area contributed by atoms with E-state index in [9.17, 15) is 0 Å². The summed E-state index contributed by atoms with van der Waals surface area (Å²) in [5, 5.41) is 2.19. The number of hydrogen-bond acceptors (Lipinski definition) is 6. The first kappa shape index (κ1) is 35.3. The van der Waals surface area contributed by atoms with Crippen molar-refractivity contribution in [2.24, 2.45) is 0 Å². The van der Waals surface area contributed by atoms with Gasteiger partial charge in [0.15, 0.2) is 6.39 Å². The van der Waals surface area contributed by atoms with Gasteiger partial charge in [0.05, 0.1) is 3.57 Å². The molecule has 0 unspecified atom stereocenters. The average molecular weight is 945 g/mol. The van der Waals surface area contributed by atoms with E-state index >= 15 is 0 Å². The Labute approximate surface area is 294 Å². The zero-order valence-electron chi connectivity index (χ0n) is 25.5. The maximum absolute atomic E-state index is 5.43. The van der Waals surface area contributed by atoms with Gasteiger partial charge >= 0.3 is 117 Å². The standard InChI is InChI=1S/C11H6BrNO2.C8H4BrIO.3C4H9.C3H2NO.Sn/c12-7-1-2-11-8(3-7)9(4-15-11)10-5-14-6-13-10;9-5-1-2-8-6(3-5)7(10)4-11-8;3*1-3-4-2;1-2-5-3-4-1;/h1-6H;1-4H;3*1,3-4H2,2H3;2-3H;. The van der Waals surface area contributed by atoms with Gasteiger partial charge in [-0.25, -0.2) is 4.98 Å². The molecule has 2 aromatic carbocycles. The first-order valence-electron chi connectivity index (χ1n) is 15.2. The van der Waals surface area contributed by atoms with Crippen LogP contribution in [0.25, 0.3) is 33.2 Å². The van der Waals surface area contributed by atoms with Crippen LogP contribution >= 0.6 is 54.5 Å². The molecule has 6 aromatic rings. The fourth-order valence-corrected chi connectivity index (χ4v) is 21.6. The summed E-state index contributed by atoms with van der Waals surface area (Å²) in [4.78, 5) is 8.67. The molecule has 0 saturated heterocycles.